The first-order valence-corrected chi connectivity index (χ1v) is 10.9. The summed E-state index contributed by atoms with van der Waals surface area (Å²) < 4.78 is 27.0. The van der Waals surface area contributed by atoms with Crippen LogP contribution in [0.4, 0.5) is 0 Å². The largest absolute Gasteiger partial charge is 0.340 e. The Hall–Kier alpha value is -1.95. The minimum absolute atomic E-state index is 0.0920. The summed E-state index contributed by atoms with van der Waals surface area (Å²) in [6, 6.07) is 7.95. The number of piperazine rings is 1. The number of rotatable bonds is 4. The standard InChI is InChI=1S/C19H26N4O3S/c1-2-21-11-13-22(14-12-21)19(24)17-7-9-23(10-8-17)27(25,26)18-5-3-16(15-20)4-6-18/h3-6,17H,2,7-14H2,1H3. The van der Waals surface area contributed by atoms with Gasteiger partial charge in [-0.25, -0.2) is 8.42 Å². The minimum atomic E-state index is -3.58. The molecule has 1 aromatic carbocycles. The second kappa shape index (κ2) is 8.38. The topological polar surface area (TPSA) is 84.7 Å². The zero-order valence-electron chi connectivity index (χ0n) is 15.7. The molecule has 2 fully saturated rings. The van der Waals surface area contributed by atoms with Crippen LogP contribution in [0.2, 0.25) is 0 Å². The first-order valence-electron chi connectivity index (χ1n) is 9.47. The first-order chi connectivity index (χ1) is 13.0. The van der Waals surface area contributed by atoms with Crippen molar-refractivity contribution in [3.05, 3.63) is 29.8 Å². The lowest BCUT2D eigenvalue weighted by Gasteiger charge is -2.38. The van der Waals surface area contributed by atoms with Crippen molar-refractivity contribution < 1.29 is 13.2 Å². The molecule has 0 atom stereocenters. The number of piperidine rings is 1. The van der Waals surface area contributed by atoms with Crippen molar-refractivity contribution in [2.24, 2.45) is 5.92 Å². The van der Waals surface area contributed by atoms with Gasteiger partial charge in [0.25, 0.3) is 0 Å². The van der Waals surface area contributed by atoms with Gasteiger partial charge in [0.05, 0.1) is 16.5 Å². The number of likely N-dealkylation sites (N-methyl/N-ethyl adjacent to an activating group) is 1. The molecule has 0 spiro atoms. The van der Waals surface area contributed by atoms with Gasteiger partial charge < -0.3 is 9.80 Å². The zero-order chi connectivity index (χ0) is 19.4. The molecule has 2 aliphatic rings. The van der Waals surface area contributed by atoms with Crippen LogP contribution in [0.15, 0.2) is 29.2 Å². The van der Waals surface area contributed by atoms with E-state index in [-0.39, 0.29) is 16.7 Å². The van der Waals surface area contributed by atoms with E-state index in [9.17, 15) is 13.2 Å². The van der Waals surface area contributed by atoms with Gasteiger partial charge in [-0.15, -0.1) is 0 Å². The van der Waals surface area contributed by atoms with Gasteiger partial charge in [-0.2, -0.15) is 9.57 Å². The highest BCUT2D eigenvalue weighted by molar-refractivity contribution is 7.89. The minimum Gasteiger partial charge on any atom is -0.340 e. The van der Waals surface area contributed by atoms with E-state index in [0.29, 0.717) is 31.5 Å². The third-order valence-corrected chi connectivity index (χ3v) is 7.47. The number of carbonyl (C=O) groups is 1. The van der Waals surface area contributed by atoms with Crippen LogP contribution < -0.4 is 0 Å². The van der Waals surface area contributed by atoms with Gasteiger partial charge in [0.1, 0.15) is 0 Å². The SMILES string of the molecule is CCN1CCN(C(=O)C2CCN(S(=O)(=O)c3ccc(C#N)cc3)CC2)CC1. The van der Waals surface area contributed by atoms with Crippen LogP contribution in [0.3, 0.4) is 0 Å². The van der Waals surface area contributed by atoms with Crippen LogP contribution in [0.1, 0.15) is 25.3 Å². The normalized spacial score (nSPS) is 20.4. The monoisotopic (exact) mass is 390 g/mol. The van der Waals surface area contributed by atoms with Gasteiger partial charge in [0.15, 0.2) is 0 Å². The van der Waals surface area contributed by atoms with Gasteiger partial charge in [0.2, 0.25) is 15.9 Å². The summed E-state index contributed by atoms with van der Waals surface area (Å²) in [5.41, 5.74) is 0.432. The zero-order valence-corrected chi connectivity index (χ0v) is 16.5. The molecule has 0 bridgehead atoms. The Morgan fingerprint density at radius 3 is 2.19 bits per heavy atom. The molecule has 0 aromatic heterocycles. The molecule has 7 nitrogen and oxygen atoms in total. The Bertz CT molecular complexity index is 800. The van der Waals surface area contributed by atoms with E-state index in [4.69, 9.17) is 5.26 Å². The van der Waals surface area contributed by atoms with E-state index < -0.39 is 10.0 Å². The van der Waals surface area contributed by atoms with Crippen molar-refractivity contribution in [1.29, 1.82) is 5.26 Å². The van der Waals surface area contributed by atoms with Crippen LogP contribution >= 0.6 is 0 Å². The van der Waals surface area contributed by atoms with E-state index in [1.807, 2.05) is 11.0 Å². The molecule has 0 unspecified atom stereocenters. The predicted molar refractivity (Wildman–Crippen MR) is 101 cm³/mol. The molecular weight excluding hydrogens is 364 g/mol. The van der Waals surface area contributed by atoms with Crippen LogP contribution in [0.25, 0.3) is 0 Å². The highest BCUT2D eigenvalue weighted by Gasteiger charge is 2.34. The van der Waals surface area contributed by atoms with Gasteiger partial charge in [-0.3, -0.25) is 4.79 Å². The molecule has 2 saturated heterocycles. The van der Waals surface area contributed by atoms with E-state index in [0.717, 1.165) is 32.7 Å². The summed E-state index contributed by atoms with van der Waals surface area (Å²) in [7, 11) is -3.58. The Labute approximate surface area is 161 Å². The maximum Gasteiger partial charge on any atom is 0.243 e. The van der Waals surface area contributed by atoms with Crippen molar-refractivity contribution in [2.45, 2.75) is 24.7 Å². The number of nitriles is 1. The second-order valence-corrected chi connectivity index (χ2v) is 9.01. The molecule has 0 saturated carbocycles. The third-order valence-electron chi connectivity index (χ3n) is 5.56. The molecule has 27 heavy (non-hydrogen) atoms. The smallest absolute Gasteiger partial charge is 0.243 e. The summed E-state index contributed by atoms with van der Waals surface area (Å²) in [5, 5.41) is 8.85. The first kappa shape index (κ1) is 19.8. The number of amides is 1. The van der Waals surface area contributed by atoms with Crippen LogP contribution in [-0.4, -0.2) is 74.2 Å². The summed E-state index contributed by atoms with van der Waals surface area (Å²) in [4.78, 5) is 17.2. The van der Waals surface area contributed by atoms with E-state index in [1.165, 1.54) is 28.6 Å². The Balaban J connectivity index is 1.58. The Morgan fingerprint density at radius 1 is 1.07 bits per heavy atom. The highest BCUT2D eigenvalue weighted by Crippen LogP contribution is 2.25. The molecule has 1 amide bonds. The molecular formula is C19H26N4O3S. The van der Waals surface area contributed by atoms with Crippen molar-refractivity contribution in [2.75, 3.05) is 45.8 Å². The van der Waals surface area contributed by atoms with Crippen LogP contribution in [0, 0.1) is 17.2 Å². The van der Waals surface area contributed by atoms with Crippen molar-refractivity contribution in [1.82, 2.24) is 14.1 Å². The lowest BCUT2D eigenvalue weighted by molar-refractivity contribution is -0.138. The quantitative estimate of drug-likeness (QED) is 0.769. The fourth-order valence-electron chi connectivity index (χ4n) is 3.74. The average Bonchev–Trinajstić information content (AvgIpc) is 2.73. The second-order valence-electron chi connectivity index (χ2n) is 7.07. The maximum absolute atomic E-state index is 12.8. The number of sulfonamides is 1. The van der Waals surface area contributed by atoms with Crippen molar-refractivity contribution in [3.63, 3.8) is 0 Å². The van der Waals surface area contributed by atoms with Gasteiger partial charge in [0, 0.05) is 45.2 Å². The summed E-state index contributed by atoms with van der Waals surface area (Å²) in [6.45, 7) is 7.19. The maximum atomic E-state index is 12.8. The van der Waals surface area contributed by atoms with Crippen LogP contribution in [0.5, 0.6) is 0 Å². The van der Waals surface area contributed by atoms with Crippen molar-refractivity contribution in [3.8, 4) is 6.07 Å². The van der Waals surface area contributed by atoms with E-state index in [1.54, 1.807) is 0 Å². The number of hydrogen-bond acceptors (Lipinski definition) is 5. The Morgan fingerprint density at radius 2 is 1.67 bits per heavy atom. The average molecular weight is 391 g/mol. The van der Waals surface area contributed by atoms with E-state index in [2.05, 4.69) is 11.8 Å². The van der Waals surface area contributed by atoms with Gasteiger partial charge in [-0.05, 0) is 43.7 Å². The fraction of sp³-hybridized carbons (Fsp3) is 0.579. The molecule has 146 valence electrons. The molecule has 2 heterocycles. The number of carbonyl (C=O) groups excluding carboxylic acids is 1. The number of benzene rings is 1. The third kappa shape index (κ3) is 4.32. The lowest BCUT2D eigenvalue weighted by Crippen LogP contribution is -2.51. The molecule has 2 aliphatic heterocycles. The molecule has 1 aromatic rings. The summed E-state index contributed by atoms with van der Waals surface area (Å²) >= 11 is 0. The molecule has 0 N–H and O–H groups in total. The van der Waals surface area contributed by atoms with Gasteiger partial charge in [-0.1, -0.05) is 6.92 Å². The molecule has 8 heteroatoms. The number of nitrogens with zero attached hydrogens (tertiary/aromatic N) is 4. The molecule has 0 aliphatic carbocycles. The summed E-state index contributed by atoms with van der Waals surface area (Å²) in [6.07, 6.45) is 1.12. The molecule has 3 rings (SSSR count). The molecule has 0 radical (unpaired) electrons. The highest BCUT2D eigenvalue weighted by atomic mass is 32.2. The van der Waals surface area contributed by atoms with Gasteiger partial charge >= 0.3 is 0 Å². The lowest BCUT2D eigenvalue weighted by atomic mass is 9.96. The Kier molecular flexibility index (Phi) is 6.15. The van der Waals surface area contributed by atoms with Crippen molar-refractivity contribution >= 4 is 15.9 Å². The summed E-state index contributed by atoms with van der Waals surface area (Å²) in [5.74, 6) is 0.0757. The van der Waals surface area contributed by atoms with Crippen LogP contribution in [-0.2, 0) is 14.8 Å². The fourth-order valence-corrected chi connectivity index (χ4v) is 5.21. The number of hydrogen-bond donors (Lipinski definition) is 0. The predicted octanol–water partition coefficient (Wildman–Crippen LogP) is 1.12. The van der Waals surface area contributed by atoms with E-state index >= 15 is 0 Å².